The molecule has 9 nitrogen and oxygen atoms in total. The van der Waals surface area contributed by atoms with Gasteiger partial charge in [-0.15, -0.1) is 0 Å². The van der Waals surface area contributed by atoms with E-state index in [1.54, 1.807) is 29.2 Å². The number of carbonyl (C=O) groups excluding carboxylic acids is 2. The summed E-state index contributed by atoms with van der Waals surface area (Å²) >= 11 is 0. The number of anilines is 1. The number of tetrazole rings is 1. The molecule has 1 aromatic carbocycles. The Morgan fingerprint density at radius 1 is 1.24 bits per heavy atom. The van der Waals surface area contributed by atoms with Gasteiger partial charge in [-0.3, -0.25) is 9.59 Å². The molecule has 0 spiro atoms. The largest absolute Gasteiger partial charge is 0.422 e. The number of ether oxygens (including phenoxy) is 1. The van der Waals surface area contributed by atoms with Gasteiger partial charge in [0.1, 0.15) is 5.75 Å². The number of amides is 2. The van der Waals surface area contributed by atoms with Gasteiger partial charge in [-0.05, 0) is 42.3 Å². The topological polar surface area (TPSA) is 113 Å². The van der Waals surface area contributed by atoms with Gasteiger partial charge in [-0.2, -0.15) is 5.21 Å². The maximum Gasteiger partial charge on any atom is 0.361 e. The predicted octanol–water partition coefficient (Wildman–Crippen LogP) is 1.72. The Morgan fingerprint density at radius 2 is 2.08 bits per heavy atom. The van der Waals surface area contributed by atoms with E-state index < -0.39 is 0 Å². The normalized spacial score (nSPS) is 14.9. The Kier molecular flexibility index (Phi) is 5.55. The fraction of sp³-hybridized carbons (Fsp3) is 0.438. The van der Waals surface area contributed by atoms with Gasteiger partial charge in [0.25, 0.3) is 0 Å². The number of rotatable bonds is 6. The SMILES string of the molecule is O=C(CCN1CCCCCC1=O)Nc1ccc(Oc2nn[nH]n2)cc1. The van der Waals surface area contributed by atoms with E-state index in [9.17, 15) is 9.59 Å². The van der Waals surface area contributed by atoms with Crippen LogP contribution in [0.4, 0.5) is 5.69 Å². The zero-order valence-electron chi connectivity index (χ0n) is 13.8. The van der Waals surface area contributed by atoms with Gasteiger partial charge in [-0.25, -0.2) is 0 Å². The van der Waals surface area contributed by atoms with Crippen LogP contribution in [0.15, 0.2) is 24.3 Å². The number of H-pyrrole nitrogens is 1. The molecule has 0 aliphatic carbocycles. The number of nitrogens with zero attached hydrogens (tertiary/aromatic N) is 4. The molecule has 0 bridgehead atoms. The van der Waals surface area contributed by atoms with Gasteiger partial charge in [0.15, 0.2) is 0 Å². The Balaban J connectivity index is 1.46. The number of benzene rings is 1. The van der Waals surface area contributed by atoms with Crippen LogP contribution in [0.1, 0.15) is 32.1 Å². The molecule has 25 heavy (non-hydrogen) atoms. The molecule has 0 saturated carbocycles. The Bertz CT molecular complexity index is 701. The molecule has 1 saturated heterocycles. The zero-order valence-corrected chi connectivity index (χ0v) is 13.8. The molecule has 0 radical (unpaired) electrons. The van der Waals surface area contributed by atoms with Gasteiger partial charge in [-0.1, -0.05) is 16.6 Å². The average Bonchev–Trinajstić information content (AvgIpc) is 3.03. The Hall–Kier alpha value is -2.97. The minimum absolute atomic E-state index is 0.121. The second kappa shape index (κ2) is 8.22. The molecule has 1 aliphatic rings. The fourth-order valence-corrected chi connectivity index (χ4v) is 2.64. The first-order valence-electron chi connectivity index (χ1n) is 8.30. The number of carbonyl (C=O) groups is 2. The highest BCUT2D eigenvalue weighted by molar-refractivity contribution is 5.91. The smallest absolute Gasteiger partial charge is 0.361 e. The molecule has 2 amide bonds. The van der Waals surface area contributed by atoms with E-state index in [0.717, 1.165) is 25.8 Å². The van der Waals surface area contributed by atoms with Crippen molar-refractivity contribution in [3.63, 3.8) is 0 Å². The lowest BCUT2D eigenvalue weighted by Gasteiger charge is -2.20. The second-order valence-corrected chi connectivity index (χ2v) is 5.81. The number of hydrogen-bond acceptors (Lipinski definition) is 6. The van der Waals surface area contributed by atoms with Crippen LogP contribution < -0.4 is 10.1 Å². The monoisotopic (exact) mass is 344 g/mol. The summed E-state index contributed by atoms with van der Waals surface area (Å²) in [6, 6.07) is 6.97. The summed E-state index contributed by atoms with van der Waals surface area (Å²) in [6.07, 6.45) is 3.90. The summed E-state index contributed by atoms with van der Waals surface area (Å²) in [5.74, 6) is 0.562. The standard InChI is InChI=1S/C16H20N6O3/c23-14(9-11-22-10-3-1-2-4-15(22)24)17-12-5-7-13(8-6-12)25-16-18-20-21-19-16/h5-8H,1-4,9-11H2,(H,17,23)(H,18,19,20,21). The summed E-state index contributed by atoms with van der Waals surface area (Å²) in [4.78, 5) is 25.8. The van der Waals surface area contributed by atoms with Crippen LogP contribution in [-0.4, -0.2) is 50.4 Å². The third-order valence-corrected chi connectivity index (χ3v) is 3.95. The van der Waals surface area contributed by atoms with Crippen molar-refractivity contribution in [2.75, 3.05) is 18.4 Å². The van der Waals surface area contributed by atoms with Gasteiger partial charge in [0, 0.05) is 31.6 Å². The molecule has 9 heteroatoms. The van der Waals surface area contributed by atoms with Crippen LogP contribution in [0, 0.1) is 0 Å². The molecule has 0 atom stereocenters. The summed E-state index contributed by atoms with van der Waals surface area (Å²) in [5, 5.41) is 15.9. The molecule has 1 aliphatic heterocycles. The molecule has 2 N–H and O–H groups in total. The van der Waals surface area contributed by atoms with E-state index in [2.05, 4.69) is 25.9 Å². The Labute approximate surface area is 144 Å². The molecule has 3 rings (SSSR count). The number of hydrogen-bond donors (Lipinski definition) is 2. The first kappa shape index (κ1) is 16.9. The van der Waals surface area contributed by atoms with E-state index in [0.29, 0.717) is 24.4 Å². The maximum atomic E-state index is 12.1. The van der Waals surface area contributed by atoms with Crippen molar-refractivity contribution in [3.05, 3.63) is 24.3 Å². The molecule has 1 aromatic heterocycles. The van der Waals surface area contributed by atoms with Crippen molar-refractivity contribution >= 4 is 17.5 Å². The number of aromatic nitrogens is 4. The highest BCUT2D eigenvalue weighted by Crippen LogP contribution is 2.19. The van der Waals surface area contributed by atoms with Crippen LogP contribution in [0.2, 0.25) is 0 Å². The maximum absolute atomic E-state index is 12.1. The van der Waals surface area contributed by atoms with E-state index >= 15 is 0 Å². The lowest BCUT2D eigenvalue weighted by atomic mass is 10.2. The summed E-state index contributed by atoms with van der Waals surface area (Å²) < 4.78 is 5.36. The van der Waals surface area contributed by atoms with Gasteiger partial charge in [0.05, 0.1) is 0 Å². The van der Waals surface area contributed by atoms with E-state index in [-0.39, 0.29) is 24.2 Å². The zero-order chi connectivity index (χ0) is 17.5. The quantitative estimate of drug-likeness (QED) is 0.825. The van der Waals surface area contributed by atoms with Crippen molar-refractivity contribution in [2.24, 2.45) is 0 Å². The molecule has 0 unspecified atom stereocenters. The molecule has 2 aromatic rings. The first-order chi connectivity index (χ1) is 12.2. The Morgan fingerprint density at radius 3 is 2.84 bits per heavy atom. The number of aromatic amines is 1. The van der Waals surface area contributed by atoms with Crippen molar-refractivity contribution in [3.8, 4) is 11.8 Å². The highest BCUT2D eigenvalue weighted by atomic mass is 16.5. The molecule has 1 fully saturated rings. The van der Waals surface area contributed by atoms with Crippen molar-refractivity contribution in [2.45, 2.75) is 32.1 Å². The lowest BCUT2D eigenvalue weighted by molar-refractivity contribution is -0.131. The van der Waals surface area contributed by atoms with Crippen LogP contribution in [0.3, 0.4) is 0 Å². The van der Waals surface area contributed by atoms with Crippen LogP contribution in [-0.2, 0) is 9.59 Å². The van der Waals surface area contributed by atoms with Gasteiger partial charge >= 0.3 is 6.01 Å². The van der Waals surface area contributed by atoms with E-state index in [1.807, 2.05) is 0 Å². The van der Waals surface area contributed by atoms with Crippen molar-refractivity contribution in [1.29, 1.82) is 0 Å². The van der Waals surface area contributed by atoms with Gasteiger partial charge < -0.3 is 15.0 Å². The molecule has 2 heterocycles. The third-order valence-electron chi connectivity index (χ3n) is 3.95. The summed E-state index contributed by atoms with van der Waals surface area (Å²) in [6.45, 7) is 1.21. The second-order valence-electron chi connectivity index (χ2n) is 5.81. The average molecular weight is 344 g/mol. The predicted molar refractivity (Wildman–Crippen MR) is 89.0 cm³/mol. The molecular weight excluding hydrogens is 324 g/mol. The summed E-state index contributed by atoms with van der Waals surface area (Å²) in [7, 11) is 0. The van der Waals surface area contributed by atoms with Crippen molar-refractivity contribution < 1.29 is 14.3 Å². The van der Waals surface area contributed by atoms with Crippen LogP contribution in [0.25, 0.3) is 0 Å². The van der Waals surface area contributed by atoms with E-state index in [1.165, 1.54) is 0 Å². The minimum Gasteiger partial charge on any atom is -0.422 e. The number of likely N-dealkylation sites (tertiary alicyclic amines) is 1. The van der Waals surface area contributed by atoms with E-state index in [4.69, 9.17) is 4.74 Å². The van der Waals surface area contributed by atoms with Crippen LogP contribution in [0.5, 0.6) is 11.8 Å². The third kappa shape index (κ3) is 5.00. The molecule has 132 valence electrons. The lowest BCUT2D eigenvalue weighted by Crippen LogP contribution is -2.33. The fourth-order valence-electron chi connectivity index (χ4n) is 2.64. The molecular formula is C16H20N6O3. The number of nitrogens with one attached hydrogen (secondary N) is 2. The van der Waals surface area contributed by atoms with Crippen LogP contribution >= 0.6 is 0 Å². The summed E-state index contributed by atoms with van der Waals surface area (Å²) in [5.41, 5.74) is 0.660. The minimum atomic E-state index is -0.121. The van der Waals surface area contributed by atoms with Crippen molar-refractivity contribution in [1.82, 2.24) is 25.5 Å². The first-order valence-corrected chi connectivity index (χ1v) is 8.30. The van der Waals surface area contributed by atoms with Gasteiger partial charge in [0.2, 0.25) is 11.8 Å². The highest BCUT2D eigenvalue weighted by Gasteiger charge is 2.17.